The Hall–Kier alpha value is -3.73. The first-order valence-corrected chi connectivity index (χ1v) is 11.8. The number of hydrogen-bond acceptors (Lipinski definition) is 3. The molecular formula is C27H26F2N4O2. The van der Waals surface area contributed by atoms with Crippen LogP contribution < -0.4 is 0 Å². The van der Waals surface area contributed by atoms with Gasteiger partial charge in [-0.15, -0.1) is 0 Å². The highest BCUT2D eigenvalue weighted by atomic mass is 19.1. The van der Waals surface area contributed by atoms with E-state index in [1.165, 1.54) is 12.1 Å². The van der Waals surface area contributed by atoms with Crippen LogP contribution in [-0.4, -0.2) is 25.8 Å². The Morgan fingerprint density at radius 3 is 2.54 bits per heavy atom. The van der Waals surface area contributed by atoms with Crippen LogP contribution in [0.3, 0.4) is 0 Å². The van der Waals surface area contributed by atoms with Crippen LogP contribution in [0.15, 0.2) is 36.5 Å². The zero-order chi connectivity index (χ0) is 24.9. The predicted molar refractivity (Wildman–Crippen MR) is 128 cm³/mol. The van der Waals surface area contributed by atoms with E-state index in [0.717, 1.165) is 11.3 Å². The van der Waals surface area contributed by atoms with E-state index >= 15 is 4.39 Å². The number of rotatable bonds is 5. The first-order chi connectivity index (χ1) is 16.7. The highest BCUT2D eigenvalue weighted by molar-refractivity contribution is 6.00. The van der Waals surface area contributed by atoms with Crippen LogP contribution in [0, 0.1) is 28.9 Å². The van der Waals surface area contributed by atoms with Crippen LogP contribution in [0.5, 0.6) is 0 Å². The van der Waals surface area contributed by atoms with E-state index in [1.807, 2.05) is 24.5 Å². The van der Waals surface area contributed by atoms with Gasteiger partial charge in [0.1, 0.15) is 11.3 Å². The minimum Gasteiger partial charge on any atom is -0.481 e. The number of H-pyrrole nitrogens is 1. The van der Waals surface area contributed by atoms with E-state index in [2.05, 4.69) is 16.3 Å². The van der Waals surface area contributed by atoms with Gasteiger partial charge in [0.25, 0.3) is 0 Å². The summed E-state index contributed by atoms with van der Waals surface area (Å²) in [5, 5.41) is 27.0. The van der Waals surface area contributed by atoms with Gasteiger partial charge in [-0.05, 0) is 67.5 Å². The maximum Gasteiger partial charge on any atom is 0.306 e. The second kappa shape index (κ2) is 8.49. The van der Waals surface area contributed by atoms with Crippen LogP contribution in [-0.2, 0) is 10.2 Å². The summed E-state index contributed by atoms with van der Waals surface area (Å²) in [5.74, 6) is -2.07. The van der Waals surface area contributed by atoms with Crippen molar-refractivity contribution in [1.29, 1.82) is 5.26 Å². The van der Waals surface area contributed by atoms with Crippen LogP contribution >= 0.6 is 0 Å². The van der Waals surface area contributed by atoms with Crippen LogP contribution in [0.2, 0.25) is 0 Å². The highest BCUT2D eigenvalue weighted by Crippen LogP contribution is 2.48. The lowest BCUT2D eigenvalue weighted by Crippen LogP contribution is -2.26. The molecule has 0 spiro atoms. The molecule has 4 aromatic rings. The number of nitriles is 1. The van der Waals surface area contributed by atoms with E-state index < -0.39 is 23.1 Å². The van der Waals surface area contributed by atoms with Crippen LogP contribution in [0.25, 0.3) is 27.5 Å². The molecule has 0 atom stereocenters. The standard InChI is InChI=1S/C27H26F2N4O2/c1-27(2,11-12-30)25-21(15-3-5-16(6-4-15)26(34)35)22-20(13-17-14-31-32-24(17)23(22)29)33(25)19-9-7-18(28)8-10-19/h7-10,13-16H,3-6,11H2,1-2H3,(H,31,32)(H,34,35)/t15-,16-. The number of halogens is 2. The zero-order valence-electron chi connectivity index (χ0n) is 19.6. The third-order valence-corrected chi connectivity index (χ3v) is 7.38. The lowest BCUT2D eigenvalue weighted by molar-refractivity contribution is -0.142. The third kappa shape index (κ3) is 3.75. The fraction of sp³-hybridized carbons (Fsp3) is 0.370. The van der Waals surface area contributed by atoms with Crippen molar-refractivity contribution in [2.75, 3.05) is 0 Å². The molecule has 8 heteroatoms. The molecule has 1 saturated carbocycles. The smallest absolute Gasteiger partial charge is 0.306 e. The summed E-state index contributed by atoms with van der Waals surface area (Å²) in [6, 6.07) is 10.2. The highest BCUT2D eigenvalue weighted by Gasteiger charge is 2.38. The van der Waals surface area contributed by atoms with Gasteiger partial charge in [0.05, 0.1) is 23.7 Å². The van der Waals surface area contributed by atoms with Gasteiger partial charge in [0, 0.05) is 34.0 Å². The van der Waals surface area contributed by atoms with Gasteiger partial charge in [0.2, 0.25) is 0 Å². The summed E-state index contributed by atoms with van der Waals surface area (Å²) in [4.78, 5) is 11.6. The number of aromatic amines is 1. The average molecular weight is 477 g/mol. The third-order valence-electron chi connectivity index (χ3n) is 7.38. The Labute approximate surface area is 201 Å². The lowest BCUT2D eigenvalue weighted by Gasteiger charge is -2.32. The molecule has 0 aliphatic heterocycles. The number of nitrogens with one attached hydrogen (secondary N) is 1. The Morgan fingerprint density at radius 1 is 1.23 bits per heavy atom. The number of aliphatic carboxylic acids is 1. The zero-order valence-corrected chi connectivity index (χ0v) is 19.6. The summed E-state index contributed by atoms with van der Waals surface area (Å²) in [6.45, 7) is 3.92. The molecule has 5 rings (SSSR count). The minimum absolute atomic E-state index is 0.0716. The normalized spacial score (nSPS) is 18.7. The van der Waals surface area contributed by atoms with E-state index in [9.17, 15) is 19.6 Å². The first kappa shape index (κ1) is 23.0. The Balaban J connectivity index is 1.87. The molecule has 0 amide bonds. The van der Waals surface area contributed by atoms with Gasteiger partial charge in [-0.25, -0.2) is 8.78 Å². The molecule has 180 valence electrons. The molecular weight excluding hydrogens is 450 g/mol. The molecule has 1 fully saturated rings. The molecule has 2 heterocycles. The second-order valence-corrected chi connectivity index (χ2v) is 10.1. The molecule has 2 N–H and O–H groups in total. The number of hydrogen-bond donors (Lipinski definition) is 2. The fourth-order valence-electron chi connectivity index (χ4n) is 5.66. The van der Waals surface area contributed by atoms with Crippen molar-refractivity contribution in [3.8, 4) is 11.8 Å². The maximum absolute atomic E-state index is 16.2. The van der Waals surface area contributed by atoms with Gasteiger partial charge >= 0.3 is 5.97 Å². The number of fused-ring (bicyclic) bond motifs is 2. The Kier molecular flexibility index (Phi) is 5.59. The summed E-state index contributed by atoms with van der Waals surface area (Å²) in [7, 11) is 0. The van der Waals surface area contributed by atoms with E-state index in [1.54, 1.807) is 18.3 Å². The molecule has 0 unspecified atom stereocenters. The fourth-order valence-corrected chi connectivity index (χ4v) is 5.66. The van der Waals surface area contributed by atoms with Gasteiger partial charge in [-0.1, -0.05) is 13.8 Å². The minimum atomic E-state index is -0.799. The molecule has 0 saturated heterocycles. The van der Waals surface area contributed by atoms with Crippen molar-refractivity contribution < 1.29 is 18.7 Å². The molecule has 35 heavy (non-hydrogen) atoms. The van der Waals surface area contributed by atoms with Gasteiger partial charge in [-0.3, -0.25) is 9.89 Å². The molecule has 1 aliphatic rings. The number of nitrogens with zero attached hydrogens (tertiary/aromatic N) is 3. The van der Waals surface area contributed by atoms with Crippen molar-refractivity contribution in [3.63, 3.8) is 0 Å². The topological polar surface area (TPSA) is 94.7 Å². The quantitative estimate of drug-likeness (QED) is 0.352. The molecule has 0 radical (unpaired) electrons. The molecule has 2 aromatic heterocycles. The summed E-state index contributed by atoms with van der Waals surface area (Å²) in [6.07, 6.45) is 4.00. The van der Waals surface area contributed by atoms with Crippen LogP contribution in [0.1, 0.15) is 63.1 Å². The van der Waals surface area contributed by atoms with E-state index in [4.69, 9.17) is 0 Å². The number of aromatic nitrogens is 3. The Bertz CT molecular complexity index is 1470. The summed E-state index contributed by atoms with van der Waals surface area (Å²) in [5.41, 5.74) is 2.56. The molecule has 6 nitrogen and oxygen atoms in total. The van der Waals surface area contributed by atoms with E-state index in [-0.39, 0.29) is 18.2 Å². The maximum atomic E-state index is 16.2. The van der Waals surface area contributed by atoms with Crippen molar-refractivity contribution in [2.45, 2.75) is 57.3 Å². The van der Waals surface area contributed by atoms with Gasteiger partial charge < -0.3 is 9.67 Å². The van der Waals surface area contributed by atoms with Crippen molar-refractivity contribution in [3.05, 3.63) is 59.4 Å². The number of carboxylic acids is 1. The summed E-state index contributed by atoms with van der Waals surface area (Å²) >= 11 is 0. The molecule has 1 aliphatic carbocycles. The lowest BCUT2D eigenvalue weighted by atomic mass is 9.74. The number of carboxylic acid groups (broad SMARTS) is 1. The second-order valence-electron chi connectivity index (χ2n) is 10.1. The predicted octanol–water partition coefficient (Wildman–Crippen LogP) is 6.33. The largest absolute Gasteiger partial charge is 0.481 e. The monoisotopic (exact) mass is 476 g/mol. The average Bonchev–Trinajstić information content (AvgIpc) is 3.43. The number of benzene rings is 2. The van der Waals surface area contributed by atoms with Gasteiger partial charge in [-0.2, -0.15) is 10.4 Å². The van der Waals surface area contributed by atoms with Crippen molar-refractivity contribution >= 4 is 27.8 Å². The molecule has 2 aromatic carbocycles. The SMILES string of the molecule is CC(C)(CC#N)c1c([C@H]2CC[C@H](C(=O)O)CC2)c2c(F)c3[nH]ncc3cc2n1-c1ccc(F)cc1. The first-order valence-electron chi connectivity index (χ1n) is 11.8. The summed E-state index contributed by atoms with van der Waals surface area (Å²) < 4.78 is 31.9. The van der Waals surface area contributed by atoms with Gasteiger partial charge in [0.15, 0.2) is 5.82 Å². The number of carbonyl (C=O) groups is 1. The molecule has 0 bridgehead atoms. The van der Waals surface area contributed by atoms with Crippen molar-refractivity contribution in [2.24, 2.45) is 5.92 Å². The van der Waals surface area contributed by atoms with E-state index in [0.29, 0.717) is 53.2 Å². The Morgan fingerprint density at radius 2 is 1.91 bits per heavy atom. The van der Waals surface area contributed by atoms with Crippen LogP contribution in [0.4, 0.5) is 8.78 Å². The van der Waals surface area contributed by atoms with Crippen molar-refractivity contribution in [1.82, 2.24) is 14.8 Å².